The Morgan fingerprint density at radius 3 is 2.55 bits per heavy atom. The van der Waals surface area contributed by atoms with Crippen molar-refractivity contribution in [2.75, 3.05) is 0 Å². The van der Waals surface area contributed by atoms with Gasteiger partial charge in [0.15, 0.2) is 0 Å². The van der Waals surface area contributed by atoms with Crippen LogP contribution in [0.4, 0.5) is 0 Å². The maximum absolute atomic E-state index is 12.0. The number of hydrogen-bond donors (Lipinski definition) is 2. The highest BCUT2D eigenvalue weighted by Gasteiger charge is 2.17. The van der Waals surface area contributed by atoms with Gasteiger partial charge in [0.1, 0.15) is 11.7 Å². The molecule has 0 aliphatic carbocycles. The molecule has 1 aromatic carbocycles. The quantitative estimate of drug-likeness (QED) is 0.871. The van der Waals surface area contributed by atoms with Crippen molar-refractivity contribution in [3.8, 4) is 0 Å². The molecular formula is C15H16N2O3. The third kappa shape index (κ3) is 3.26. The lowest BCUT2D eigenvalue weighted by molar-refractivity contribution is -0.138. The molecule has 5 nitrogen and oxygen atoms in total. The average molecular weight is 272 g/mol. The highest BCUT2D eigenvalue weighted by molar-refractivity contribution is 5.95. The zero-order chi connectivity index (χ0) is 14.5. The summed E-state index contributed by atoms with van der Waals surface area (Å²) in [7, 11) is 0. The largest absolute Gasteiger partial charge is 0.480 e. The van der Waals surface area contributed by atoms with E-state index in [4.69, 9.17) is 5.11 Å². The fraction of sp³-hybridized carbons (Fsp3) is 0.200. The van der Waals surface area contributed by atoms with E-state index in [1.165, 1.54) is 6.92 Å². The van der Waals surface area contributed by atoms with Gasteiger partial charge in [0.05, 0.1) is 0 Å². The lowest BCUT2D eigenvalue weighted by Crippen LogP contribution is -2.39. The first kappa shape index (κ1) is 13.9. The summed E-state index contributed by atoms with van der Waals surface area (Å²) < 4.78 is 1.79. The Morgan fingerprint density at radius 2 is 1.90 bits per heavy atom. The summed E-state index contributed by atoms with van der Waals surface area (Å²) >= 11 is 0. The maximum Gasteiger partial charge on any atom is 0.325 e. The minimum absolute atomic E-state index is 0.388. The van der Waals surface area contributed by atoms with Gasteiger partial charge in [-0.2, -0.15) is 0 Å². The molecule has 0 saturated heterocycles. The number of carboxylic acids is 1. The van der Waals surface area contributed by atoms with Gasteiger partial charge in [-0.1, -0.05) is 30.3 Å². The normalized spacial score (nSPS) is 11.8. The number of rotatable bonds is 5. The summed E-state index contributed by atoms with van der Waals surface area (Å²) in [6.07, 6.45) is 1.80. The van der Waals surface area contributed by atoms with Gasteiger partial charge in [-0.3, -0.25) is 9.59 Å². The van der Waals surface area contributed by atoms with Crippen LogP contribution < -0.4 is 5.32 Å². The van der Waals surface area contributed by atoms with Crippen molar-refractivity contribution in [3.05, 3.63) is 59.9 Å². The zero-order valence-corrected chi connectivity index (χ0v) is 11.1. The van der Waals surface area contributed by atoms with E-state index in [0.717, 1.165) is 5.56 Å². The van der Waals surface area contributed by atoms with Crippen LogP contribution in [0.1, 0.15) is 23.0 Å². The van der Waals surface area contributed by atoms with Crippen LogP contribution in [0, 0.1) is 0 Å². The van der Waals surface area contributed by atoms with Crippen molar-refractivity contribution in [1.82, 2.24) is 9.88 Å². The minimum atomic E-state index is -1.06. The van der Waals surface area contributed by atoms with Gasteiger partial charge in [-0.05, 0) is 24.6 Å². The molecular weight excluding hydrogens is 256 g/mol. The molecule has 2 aromatic rings. The Balaban J connectivity index is 2.12. The second kappa shape index (κ2) is 6.06. The number of nitrogens with zero attached hydrogens (tertiary/aromatic N) is 1. The average Bonchev–Trinajstić information content (AvgIpc) is 2.88. The van der Waals surface area contributed by atoms with E-state index in [9.17, 15) is 9.59 Å². The topological polar surface area (TPSA) is 71.3 Å². The lowest BCUT2D eigenvalue weighted by Gasteiger charge is -2.12. The maximum atomic E-state index is 12.0. The molecule has 20 heavy (non-hydrogen) atoms. The summed E-state index contributed by atoms with van der Waals surface area (Å²) in [5.74, 6) is -1.44. The lowest BCUT2D eigenvalue weighted by atomic mass is 10.2. The van der Waals surface area contributed by atoms with Crippen LogP contribution in [-0.2, 0) is 11.3 Å². The van der Waals surface area contributed by atoms with E-state index in [2.05, 4.69) is 5.32 Å². The third-order valence-electron chi connectivity index (χ3n) is 2.98. The Labute approximate surface area is 116 Å². The molecule has 0 aliphatic rings. The Kier molecular flexibility index (Phi) is 4.20. The number of amides is 1. The van der Waals surface area contributed by atoms with Gasteiger partial charge in [0.25, 0.3) is 5.91 Å². The first-order valence-electron chi connectivity index (χ1n) is 6.30. The predicted molar refractivity (Wildman–Crippen MR) is 74.5 cm³/mol. The summed E-state index contributed by atoms with van der Waals surface area (Å²) in [5, 5.41) is 11.3. The van der Waals surface area contributed by atoms with Crippen LogP contribution in [0.5, 0.6) is 0 Å². The highest BCUT2D eigenvalue weighted by atomic mass is 16.4. The van der Waals surface area contributed by atoms with Crippen LogP contribution in [0.15, 0.2) is 48.7 Å². The van der Waals surface area contributed by atoms with Gasteiger partial charge in [0.2, 0.25) is 0 Å². The highest BCUT2D eigenvalue weighted by Crippen LogP contribution is 2.08. The molecule has 0 spiro atoms. The minimum Gasteiger partial charge on any atom is -0.480 e. The smallest absolute Gasteiger partial charge is 0.325 e. The van der Waals surface area contributed by atoms with Gasteiger partial charge in [-0.25, -0.2) is 0 Å². The molecule has 1 heterocycles. The number of carbonyl (C=O) groups is 2. The first-order chi connectivity index (χ1) is 9.58. The Bertz CT molecular complexity index is 605. The van der Waals surface area contributed by atoms with Gasteiger partial charge in [0, 0.05) is 12.7 Å². The molecule has 0 bridgehead atoms. The number of benzene rings is 1. The van der Waals surface area contributed by atoms with Crippen molar-refractivity contribution in [2.24, 2.45) is 0 Å². The van der Waals surface area contributed by atoms with Gasteiger partial charge < -0.3 is 15.0 Å². The van der Waals surface area contributed by atoms with Gasteiger partial charge >= 0.3 is 5.97 Å². The van der Waals surface area contributed by atoms with E-state index in [0.29, 0.717) is 12.2 Å². The third-order valence-corrected chi connectivity index (χ3v) is 2.98. The molecule has 0 saturated carbocycles. The molecule has 0 aliphatic heterocycles. The number of hydrogen-bond acceptors (Lipinski definition) is 2. The summed E-state index contributed by atoms with van der Waals surface area (Å²) in [6, 6.07) is 12.3. The second-order valence-electron chi connectivity index (χ2n) is 4.54. The fourth-order valence-corrected chi connectivity index (χ4v) is 1.87. The molecule has 1 atom stereocenters. The molecule has 0 fully saturated rings. The van der Waals surface area contributed by atoms with Gasteiger partial charge in [-0.15, -0.1) is 0 Å². The molecule has 1 aromatic heterocycles. The number of aromatic nitrogens is 1. The first-order valence-corrected chi connectivity index (χ1v) is 6.30. The zero-order valence-electron chi connectivity index (χ0n) is 11.1. The summed E-state index contributed by atoms with van der Waals surface area (Å²) in [5.41, 5.74) is 1.52. The molecule has 104 valence electrons. The van der Waals surface area contributed by atoms with Crippen LogP contribution >= 0.6 is 0 Å². The Morgan fingerprint density at radius 1 is 1.20 bits per heavy atom. The van der Waals surface area contributed by atoms with Crippen LogP contribution in [0.25, 0.3) is 0 Å². The predicted octanol–water partition coefficient (Wildman–Crippen LogP) is 1.74. The van der Waals surface area contributed by atoms with Crippen LogP contribution in [0.2, 0.25) is 0 Å². The van der Waals surface area contributed by atoms with Crippen molar-refractivity contribution < 1.29 is 14.7 Å². The van der Waals surface area contributed by atoms with Crippen molar-refractivity contribution >= 4 is 11.9 Å². The molecule has 5 heteroatoms. The summed E-state index contributed by atoms with van der Waals surface area (Å²) in [4.78, 5) is 22.8. The standard InChI is InChI=1S/C15H16N2O3/c1-11(15(19)20)16-14(18)13-8-5-9-17(13)10-12-6-3-2-4-7-12/h2-9,11H,10H2,1H3,(H,16,18)(H,19,20)/t11-/m0/s1. The SMILES string of the molecule is C[C@H](NC(=O)c1cccn1Cc1ccccc1)C(=O)O. The number of aliphatic carboxylic acids is 1. The molecule has 0 radical (unpaired) electrons. The molecule has 0 unspecified atom stereocenters. The van der Waals surface area contributed by atoms with E-state index in [1.807, 2.05) is 30.3 Å². The van der Waals surface area contributed by atoms with Crippen LogP contribution in [0.3, 0.4) is 0 Å². The van der Waals surface area contributed by atoms with Crippen molar-refractivity contribution in [1.29, 1.82) is 0 Å². The number of carbonyl (C=O) groups excluding carboxylic acids is 1. The van der Waals surface area contributed by atoms with E-state index >= 15 is 0 Å². The second-order valence-corrected chi connectivity index (χ2v) is 4.54. The number of nitrogens with one attached hydrogen (secondary N) is 1. The fourth-order valence-electron chi connectivity index (χ4n) is 1.87. The molecule has 2 rings (SSSR count). The molecule has 2 N–H and O–H groups in total. The van der Waals surface area contributed by atoms with E-state index < -0.39 is 12.0 Å². The monoisotopic (exact) mass is 272 g/mol. The van der Waals surface area contributed by atoms with Crippen molar-refractivity contribution in [2.45, 2.75) is 19.5 Å². The van der Waals surface area contributed by atoms with Crippen LogP contribution in [-0.4, -0.2) is 27.6 Å². The van der Waals surface area contributed by atoms with E-state index in [-0.39, 0.29) is 5.91 Å². The van der Waals surface area contributed by atoms with Crippen molar-refractivity contribution in [3.63, 3.8) is 0 Å². The summed E-state index contributed by atoms with van der Waals surface area (Å²) in [6.45, 7) is 2.00. The Hall–Kier alpha value is -2.56. The number of carboxylic acid groups (broad SMARTS) is 1. The van der Waals surface area contributed by atoms with E-state index in [1.54, 1.807) is 22.9 Å². The molecule has 1 amide bonds.